The third-order valence-electron chi connectivity index (χ3n) is 5.34. The van der Waals surface area contributed by atoms with Crippen molar-refractivity contribution in [3.63, 3.8) is 0 Å². The summed E-state index contributed by atoms with van der Waals surface area (Å²) in [5.41, 5.74) is 1.12. The summed E-state index contributed by atoms with van der Waals surface area (Å²) in [7, 11) is 0. The predicted molar refractivity (Wildman–Crippen MR) is 100 cm³/mol. The molecule has 0 unspecified atom stereocenters. The Labute approximate surface area is 152 Å². The number of carbonyl (C=O) groups is 1. The van der Waals surface area contributed by atoms with E-state index in [0.29, 0.717) is 0 Å². The van der Waals surface area contributed by atoms with Gasteiger partial charge in [-0.2, -0.15) is 0 Å². The van der Waals surface area contributed by atoms with Gasteiger partial charge in [-0.1, -0.05) is 52.4 Å². The van der Waals surface area contributed by atoms with Gasteiger partial charge in [-0.3, -0.25) is 4.79 Å². The van der Waals surface area contributed by atoms with E-state index in [0.717, 1.165) is 50.0 Å². The van der Waals surface area contributed by atoms with Crippen LogP contribution in [-0.2, 0) is 11.2 Å². The zero-order valence-electron chi connectivity index (χ0n) is 16.0. The standard InChI is InChI=1S/C21H34N2O2/c1-3-5-7-8-10-18-15-22-21(23-16-18)25-20(24)19-13-11-17(12-14-19)9-6-4-2/h15-17,19H,3-14H2,1-2H3/t17-,19-. The van der Waals surface area contributed by atoms with Crippen LogP contribution in [0, 0.1) is 11.8 Å². The van der Waals surface area contributed by atoms with E-state index in [-0.39, 0.29) is 17.9 Å². The highest BCUT2D eigenvalue weighted by molar-refractivity contribution is 5.74. The second-order valence-electron chi connectivity index (χ2n) is 7.47. The number of hydrogen-bond acceptors (Lipinski definition) is 4. The number of aryl methyl sites for hydroxylation is 1. The van der Waals surface area contributed by atoms with Crippen molar-refractivity contribution in [2.45, 2.75) is 90.9 Å². The van der Waals surface area contributed by atoms with Crippen LogP contribution < -0.4 is 4.74 Å². The Balaban J connectivity index is 1.71. The molecular formula is C21H34N2O2. The molecule has 0 radical (unpaired) electrons. The molecule has 0 atom stereocenters. The Morgan fingerprint density at radius 2 is 1.68 bits per heavy atom. The molecule has 4 heteroatoms. The van der Waals surface area contributed by atoms with Crippen molar-refractivity contribution in [3.05, 3.63) is 18.0 Å². The molecule has 1 aromatic heterocycles. The van der Waals surface area contributed by atoms with Crippen LogP contribution >= 0.6 is 0 Å². The monoisotopic (exact) mass is 346 g/mol. The first-order valence-electron chi connectivity index (χ1n) is 10.3. The molecule has 0 N–H and O–H groups in total. The molecule has 0 spiro atoms. The zero-order valence-corrected chi connectivity index (χ0v) is 16.0. The van der Waals surface area contributed by atoms with Gasteiger partial charge >= 0.3 is 12.0 Å². The number of carbonyl (C=O) groups excluding carboxylic acids is 1. The topological polar surface area (TPSA) is 52.1 Å². The molecule has 2 rings (SSSR count). The van der Waals surface area contributed by atoms with Crippen LogP contribution in [0.4, 0.5) is 0 Å². The van der Waals surface area contributed by atoms with E-state index in [9.17, 15) is 4.79 Å². The summed E-state index contributed by atoms with van der Waals surface area (Å²) in [5, 5.41) is 0. The van der Waals surface area contributed by atoms with Gasteiger partial charge in [0, 0.05) is 12.4 Å². The van der Waals surface area contributed by atoms with Crippen molar-refractivity contribution in [2.75, 3.05) is 0 Å². The van der Waals surface area contributed by atoms with Crippen molar-refractivity contribution in [2.24, 2.45) is 11.8 Å². The van der Waals surface area contributed by atoms with Crippen LogP contribution in [0.5, 0.6) is 6.01 Å². The average Bonchev–Trinajstić information content (AvgIpc) is 2.65. The van der Waals surface area contributed by atoms with Crippen LogP contribution in [0.2, 0.25) is 0 Å². The minimum Gasteiger partial charge on any atom is -0.391 e. The highest BCUT2D eigenvalue weighted by Crippen LogP contribution is 2.32. The summed E-state index contributed by atoms with van der Waals surface area (Å²) in [5.74, 6) is 0.673. The maximum absolute atomic E-state index is 12.3. The maximum atomic E-state index is 12.3. The summed E-state index contributed by atoms with van der Waals surface area (Å²) < 4.78 is 5.41. The maximum Gasteiger partial charge on any atom is 0.324 e. The minimum absolute atomic E-state index is 0.0233. The molecule has 0 aliphatic heterocycles. The summed E-state index contributed by atoms with van der Waals surface area (Å²) >= 11 is 0. The first-order valence-corrected chi connectivity index (χ1v) is 10.3. The Kier molecular flexibility index (Phi) is 8.92. The molecule has 25 heavy (non-hydrogen) atoms. The van der Waals surface area contributed by atoms with Gasteiger partial charge in [0.15, 0.2) is 0 Å². The van der Waals surface area contributed by atoms with Crippen molar-refractivity contribution < 1.29 is 9.53 Å². The third-order valence-corrected chi connectivity index (χ3v) is 5.34. The van der Waals surface area contributed by atoms with Gasteiger partial charge in [-0.15, -0.1) is 0 Å². The lowest BCUT2D eigenvalue weighted by atomic mass is 9.80. The van der Waals surface area contributed by atoms with Gasteiger partial charge in [-0.25, -0.2) is 9.97 Å². The van der Waals surface area contributed by atoms with Gasteiger partial charge in [0.25, 0.3) is 0 Å². The average molecular weight is 347 g/mol. The third kappa shape index (κ3) is 7.13. The van der Waals surface area contributed by atoms with Crippen molar-refractivity contribution >= 4 is 5.97 Å². The van der Waals surface area contributed by atoms with E-state index in [4.69, 9.17) is 4.74 Å². The SMILES string of the molecule is CCCCCCc1cnc(OC(=O)[C@H]2CC[C@H](CCCC)CC2)nc1. The summed E-state index contributed by atoms with van der Waals surface area (Å²) in [6, 6.07) is 0.204. The van der Waals surface area contributed by atoms with Crippen LogP contribution in [0.15, 0.2) is 12.4 Å². The molecule has 1 saturated carbocycles. The highest BCUT2D eigenvalue weighted by Gasteiger charge is 2.27. The molecular weight excluding hydrogens is 312 g/mol. The van der Waals surface area contributed by atoms with Crippen LogP contribution in [0.1, 0.15) is 90.0 Å². The lowest BCUT2D eigenvalue weighted by Gasteiger charge is -2.26. The molecule has 1 aliphatic rings. The van der Waals surface area contributed by atoms with Crippen molar-refractivity contribution in [1.82, 2.24) is 9.97 Å². The molecule has 1 aromatic rings. The molecule has 140 valence electrons. The molecule has 0 aromatic carbocycles. The lowest BCUT2D eigenvalue weighted by molar-refractivity contribution is -0.140. The normalized spacial score (nSPS) is 20.4. The molecule has 1 aliphatic carbocycles. The van der Waals surface area contributed by atoms with Crippen LogP contribution in [0.3, 0.4) is 0 Å². The van der Waals surface area contributed by atoms with E-state index in [1.165, 1.54) is 38.5 Å². The van der Waals surface area contributed by atoms with E-state index < -0.39 is 0 Å². The second-order valence-corrected chi connectivity index (χ2v) is 7.47. The number of nitrogens with zero attached hydrogens (tertiary/aromatic N) is 2. The summed E-state index contributed by atoms with van der Waals surface area (Å²) in [4.78, 5) is 20.7. The van der Waals surface area contributed by atoms with Gasteiger partial charge in [0.1, 0.15) is 0 Å². The lowest BCUT2D eigenvalue weighted by Crippen LogP contribution is -2.26. The fraction of sp³-hybridized carbons (Fsp3) is 0.762. The first-order chi connectivity index (χ1) is 12.2. The van der Waals surface area contributed by atoms with Crippen LogP contribution in [-0.4, -0.2) is 15.9 Å². The molecule has 0 amide bonds. The number of esters is 1. The number of unbranched alkanes of at least 4 members (excludes halogenated alkanes) is 4. The van der Waals surface area contributed by atoms with Crippen molar-refractivity contribution in [1.29, 1.82) is 0 Å². The van der Waals surface area contributed by atoms with E-state index >= 15 is 0 Å². The second kappa shape index (κ2) is 11.2. The first kappa shape index (κ1) is 19.9. The minimum atomic E-state index is -0.148. The van der Waals surface area contributed by atoms with Crippen molar-refractivity contribution in [3.8, 4) is 6.01 Å². The smallest absolute Gasteiger partial charge is 0.324 e. The zero-order chi connectivity index (χ0) is 17.9. The van der Waals surface area contributed by atoms with Crippen LogP contribution in [0.25, 0.3) is 0 Å². The molecule has 1 fully saturated rings. The fourth-order valence-electron chi connectivity index (χ4n) is 3.63. The van der Waals surface area contributed by atoms with E-state index in [2.05, 4.69) is 23.8 Å². The fourth-order valence-corrected chi connectivity index (χ4v) is 3.63. The van der Waals surface area contributed by atoms with Gasteiger partial charge < -0.3 is 4.74 Å². The van der Waals surface area contributed by atoms with Gasteiger partial charge in [0.05, 0.1) is 5.92 Å². The quantitative estimate of drug-likeness (QED) is 0.414. The Hall–Kier alpha value is -1.45. The molecule has 0 saturated heterocycles. The number of rotatable bonds is 10. The Morgan fingerprint density at radius 3 is 2.32 bits per heavy atom. The predicted octanol–water partition coefficient (Wildman–Crippen LogP) is 5.50. The summed E-state index contributed by atoms with van der Waals surface area (Å²) in [6.45, 7) is 4.45. The number of ether oxygens (including phenoxy) is 1. The van der Waals surface area contributed by atoms with Gasteiger partial charge in [-0.05, 0) is 50.0 Å². The molecule has 0 bridgehead atoms. The van der Waals surface area contributed by atoms with E-state index in [1.54, 1.807) is 12.4 Å². The van der Waals surface area contributed by atoms with Gasteiger partial charge in [0.2, 0.25) is 0 Å². The number of hydrogen-bond donors (Lipinski definition) is 0. The Bertz CT molecular complexity index is 493. The number of aromatic nitrogens is 2. The molecule has 1 heterocycles. The highest BCUT2D eigenvalue weighted by atomic mass is 16.5. The van der Waals surface area contributed by atoms with E-state index in [1.807, 2.05) is 0 Å². The largest absolute Gasteiger partial charge is 0.391 e. The summed E-state index contributed by atoms with van der Waals surface area (Å²) in [6.07, 6.45) is 17.6. The molecule has 4 nitrogen and oxygen atoms in total. The Morgan fingerprint density at radius 1 is 1.00 bits per heavy atom.